The molecule has 4 nitrogen and oxygen atoms in total. The summed E-state index contributed by atoms with van der Waals surface area (Å²) in [4.78, 5) is 5.39. The van der Waals surface area contributed by atoms with Gasteiger partial charge in [-0.3, -0.25) is 8.97 Å². The van der Waals surface area contributed by atoms with Gasteiger partial charge >= 0.3 is 0 Å². The van der Waals surface area contributed by atoms with Crippen molar-refractivity contribution in [3.8, 4) is 22.5 Å². The molecule has 228 valence electrons. The molecule has 0 saturated carbocycles. The van der Waals surface area contributed by atoms with Crippen molar-refractivity contribution < 1.29 is 0 Å². The van der Waals surface area contributed by atoms with Gasteiger partial charge in [0.1, 0.15) is 11.2 Å². The van der Waals surface area contributed by atoms with Gasteiger partial charge in [-0.15, -0.1) is 0 Å². The van der Waals surface area contributed by atoms with Crippen LogP contribution in [0.1, 0.15) is 0 Å². The minimum Gasteiger partial charge on any atom is -0.309 e. The molecule has 0 atom stereocenters. The van der Waals surface area contributed by atoms with E-state index in [9.17, 15) is 0 Å². The second kappa shape index (κ2) is 9.93. The number of para-hydroxylation sites is 3. The fourth-order valence-corrected chi connectivity index (χ4v) is 8.09. The molecule has 0 N–H and O–H groups in total. The van der Waals surface area contributed by atoms with Gasteiger partial charge in [0.25, 0.3) is 0 Å². The van der Waals surface area contributed by atoms with Gasteiger partial charge in [-0.05, 0) is 65.0 Å². The number of aromatic nitrogens is 4. The van der Waals surface area contributed by atoms with Crippen LogP contribution in [-0.2, 0) is 0 Å². The van der Waals surface area contributed by atoms with E-state index in [1.807, 2.05) is 0 Å². The Labute approximate surface area is 281 Å². The lowest BCUT2D eigenvalue weighted by Gasteiger charge is -2.14. The molecule has 0 aliphatic heterocycles. The third kappa shape index (κ3) is 3.66. The highest BCUT2D eigenvalue weighted by Crippen LogP contribution is 2.39. The minimum absolute atomic E-state index is 0.978. The zero-order chi connectivity index (χ0) is 32.1. The van der Waals surface area contributed by atoms with Gasteiger partial charge in [0, 0.05) is 38.3 Å². The van der Waals surface area contributed by atoms with Crippen LogP contribution in [0.25, 0.3) is 93.7 Å². The molecule has 0 amide bonds. The Morgan fingerprint density at radius 2 is 0.918 bits per heavy atom. The monoisotopic (exact) mass is 624 g/mol. The summed E-state index contributed by atoms with van der Waals surface area (Å²) in [6.07, 6.45) is 0. The first-order valence-corrected chi connectivity index (χ1v) is 16.7. The van der Waals surface area contributed by atoms with Gasteiger partial charge in [-0.1, -0.05) is 121 Å². The van der Waals surface area contributed by atoms with Gasteiger partial charge in [-0.25, -0.2) is 4.98 Å². The fourth-order valence-electron chi connectivity index (χ4n) is 8.09. The maximum Gasteiger partial charge on any atom is 0.151 e. The van der Waals surface area contributed by atoms with Crippen LogP contribution >= 0.6 is 0 Å². The summed E-state index contributed by atoms with van der Waals surface area (Å²) in [6.45, 7) is 0. The fraction of sp³-hybridized carbons (Fsp3) is 0. The van der Waals surface area contributed by atoms with Crippen LogP contribution in [-0.4, -0.2) is 18.5 Å². The molecule has 11 aromatic rings. The van der Waals surface area contributed by atoms with Crippen LogP contribution < -0.4 is 0 Å². The zero-order valence-electron chi connectivity index (χ0n) is 26.5. The van der Waals surface area contributed by atoms with E-state index < -0.39 is 0 Å². The summed E-state index contributed by atoms with van der Waals surface area (Å²) in [7, 11) is 0. The Hall–Kier alpha value is -6.65. The number of pyridine rings is 1. The number of hydrogen-bond donors (Lipinski definition) is 0. The smallest absolute Gasteiger partial charge is 0.151 e. The van der Waals surface area contributed by atoms with E-state index >= 15 is 0 Å². The lowest BCUT2D eigenvalue weighted by molar-refractivity contribution is 1.10. The van der Waals surface area contributed by atoms with Crippen LogP contribution in [0.5, 0.6) is 0 Å². The molecular formula is C45H28N4. The lowest BCUT2D eigenvalue weighted by atomic mass is 10.0. The SMILES string of the molecule is c1ccc(-c2ccc3c(c2)c2ccccc2n3-c2cccc(-n3c4ccccc4c4nc5c6ccccc6c6ccccc6n5c43)c2)cc1. The molecule has 0 radical (unpaired) electrons. The Bertz CT molecular complexity index is 3100. The van der Waals surface area contributed by atoms with E-state index in [0.717, 1.165) is 50.0 Å². The van der Waals surface area contributed by atoms with Crippen LogP contribution in [0.3, 0.4) is 0 Å². The summed E-state index contributed by atoms with van der Waals surface area (Å²) in [5.74, 6) is 0. The molecule has 0 fully saturated rings. The van der Waals surface area contributed by atoms with Crippen molar-refractivity contribution in [1.29, 1.82) is 0 Å². The molecule has 0 saturated heterocycles. The maximum absolute atomic E-state index is 5.39. The number of imidazole rings is 1. The predicted octanol–water partition coefficient (Wildman–Crippen LogP) is 11.5. The number of fused-ring (bicyclic) bond motifs is 13. The molecule has 0 bridgehead atoms. The predicted molar refractivity (Wildman–Crippen MR) is 204 cm³/mol. The van der Waals surface area contributed by atoms with Crippen molar-refractivity contribution in [2.45, 2.75) is 0 Å². The van der Waals surface area contributed by atoms with Crippen molar-refractivity contribution in [3.63, 3.8) is 0 Å². The van der Waals surface area contributed by atoms with Gasteiger partial charge in [0.15, 0.2) is 5.65 Å². The third-order valence-electron chi connectivity index (χ3n) is 10.2. The quantitative estimate of drug-likeness (QED) is 0.180. The lowest BCUT2D eigenvalue weighted by Crippen LogP contribution is -2.01. The molecule has 11 rings (SSSR count). The van der Waals surface area contributed by atoms with Crippen LogP contribution in [0.2, 0.25) is 0 Å². The second-order valence-electron chi connectivity index (χ2n) is 12.8. The standard InChI is InChI=1S/C45H28N4/c1-2-13-29(14-3-1)30-25-26-42-38(27-30)35-19-7-9-22-39(35)47(42)31-15-12-16-32(28-31)48-41-24-11-8-21-37(41)43-45(48)49-40-23-10-6-18-34(40)33-17-4-5-20-36(33)44(49)46-43/h1-28H. The van der Waals surface area contributed by atoms with Gasteiger partial charge in [0.05, 0.1) is 22.1 Å². The number of rotatable bonds is 3. The van der Waals surface area contributed by atoms with E-state index in [2.05, 4.69) is 183 Å². The second-order valence-corrected chi connectivity index (χ2v) is 12.8. The van der Waals surface area contributed by atoms with Crippen molar-refractivity contribution in [1.82, 2.24) is 18.5 Å². The Balaban J connectivity index is 1.22. The minimum atomic E-state index is 0.978. The van der Waals surface area contributed by atoms with E-state index in [1.165, 1.54) is 43.7 Å². The van der Waals surface area contributed by atoms with Gasteiger partial charge in [-0.2, -0.15) is 0 Å². The van der Waals surface area contributed by atoms with Crippen LogP contribution in [0.15, 0.2) is 170 Å². The molecule has 0 unspecified atom stereocenters. The van der Waals surface area contributed by atoms with Crippen molar-refractivity contribution in [2.24, 2.45) is 0 Å². The highest BCUT2D eigenvalue weighted by Gasteiger charge is 2.22. The largest absolute Gasteiger partial charge is 0.309 e. The van der Waals surface area contributed by atoms with Crippen molar-refractivity contribution >= 4 is 71.2 Å². The number of nitrogens with zero attached hydrogens (tertiary/aromatic N) is 4. The molecule has 4 aromatic heterocycles. The van der Waals surface area contributed by atoms with Crippen molar-refractivity contribution in [2.75, 3.05) is 0 Å². The van der Waals surface area contributed by atoms with E-state index in [0.29, 0.717) is 0 Å². The van der Waals surface area contributed by atoms with Gasteiger partial charge < -0.3 is 4.57 Å². The maximum atomic E-state index is 5.39. The first kappa shape index (κ1) is 26.4. The van der Waals surface area contributed by atoms with E-state index in [1.54, 1.807) is 0 Å². The van der Waals surface area contributed by atoms with Crippen LogP contribution in [0, 0.1) is 0 Å². The Kier molecular flexibility index (Phi) is 5.35. The number of hydrogen-bond acceptors (Lipinski definition) is 1. The Morgan fingerprint density at radius 3 is 1.69 bits per heavy atom. The molecule has 0 aliphatic rings. The van der Waals surface area contributed by atoms with E-state index in [-0.39, 0.29) is 0 Å². The molecule has 0 spiro atoms. The summed E-state index contributed by atoms with van der Waals surface area (Å²) in [5, 5.41) is 7.23. The molecule has 4 heteroatoms. The molecule has 49 heavy (non-hydrogen) atoms. The highest BCUT2D eigenvalue weighted by molar-refractivity contribution is 6.17. The topological polar surface area (TPSA) is 27.2 Å². The third-order valence-corrected chi connectivity index (χ3v) is 10.2. The average Bonchev–Trinajstić information content (AvgIpc) is 3.83. The summed E-state index contributed by atoms with van der Waals surface area (Å²) < 4.78 is 7.17. The molecule has 4 heterocycles. The molecule has 0 aliphatic carbocycles. The van der Waals surface area contributed by atoms with Gasteiger partial charge in [0.2, 0.25) is 0 Å². The Morgan fingerprint density at radius 1 is 0.347 bits per heavy atom. The summed E-state index contributed by atoms with van der Waals surface area (Å²) in [6, 6.07) is 61.2. The molecular weight excluding hydrogens is 597 g/mol. The first-order chi connectivity index (χ1) is 24.3. The number of benzene rings is 7. The van der Waals surface area contributed by atoms with Crippen LogP contribution in [0.4, 0.5) is 0 Å². The summed E-state index contributed by atoms with van der Waals surface area (Å²) >= 11 is 0. The van der Waals surface area contributed by atoms with E-state index in [4.69, 9.17) is 4.98 Å². The zero-order valence-corrected chi connectivity index (χ0v) is 26.5. The molecule has 7 aromatic carbocycles. The summed E-state index contributed by atoms with van der Waals surface area (Å²) in [5.41, 5.74) is 12.4. The highest BCUT2D eigenvalue weighted by atomic mass is 15.2. The average molecular weight is 625 g/mol. The normalized spacial score (nSPS) is 12.1. The van der Waals surface area contributed by atoms with Crippen molar-refractivity contribution in [3.05, 3.63) is 170 Å². The first-order valence-electron chi connectivity index (χ1n) is 16.7.